The molecular weight excluding hydrogens is 346 g/mol. The molecule has 0 radical (unpaired) electrons. The molecule has 0 saturated heterocycles. The molecule has 0 fully saturated rings. The van der Waals surface area contributed by atoms with Crippen LogP contribution < -0.4 is 16.8 Å². The third-order valence-corrected chi connectivity index (χ3v) is 4.42. The minimum absolute atomic E-state index is 0.0710. The summed E-state index contributed by atoms with van der Waals surface area (Å²) in [5.41, 5.74) is 13.3. The van der Waals surface area contributed by atoms with E-state index in [9.17, 15) is 9.59 Å². The molecule has 8 heteroatoms. The zero-order valence-corrected chi connectivity index (χ0v) is 15.1. The van der Waals surface area contributed by atoms with Gasteiger partial charge in [-0.2, -0.15) is 0 Å². The summed E-state index contributed by atoms with van der Waals surface area (Å²) in [5.74, 6) is -0.855. The Morgan fingerprint density at radius 2 is 2.11 bits per heavy atom. The van der Waals surface area contributed by atoms with Gasteiger partial charge in [-0.25, -0.2) is 4.98 Å². The van der Waals surface area contributed by atoms with Gasteiger partial charge in [-0.05, 0) is 18.1 Å². The molecule has 0 bridgehead atoms. The van der Waals surface area contributed by atoms with Crippen molar-refractivity contribution in [2.45, 2.75) is 38.3 Å². The van der Waals surface area contributed by atoms with Crippen LogP contribution in [0, 0.1) is 0 Å². The molecule has 0 aliphatic carbocycles. The highest BCUT2D eigenvalue weighted by atomic mass is 16.3. The van der Waals surface area contributed by atoms with E-state index in [1.165, 1.54) is 6.26 Å². The van der Waals surface area contributed by atoms with Crippen LogP contribution in [-0.4, -0.2) is 27.8 Å². The second kappa shape index (κ2) is 8.05. The number of aromatic amines is 1. The summed E-state index contributed by atoms with van der Waals surface area (Å²) in [5, 5.41) is 3.61. The maximum absolute atomic E-state index is 12.5. The Labute approximate surface area is 156 Å². The quantitative estimate of drug-likeness (QED) is 0.479. The Morgan fingerprint density at radius 1 is 1.33 bits per heavy atom. The summed E-state index contributed by atoms with van der Waals surface area (Å²) < 4.78 is 5.29. The number of primary amides is 1. The van der Waals surface area contributed by atoms with E-state index in [1.54, 1.807) is 0 Å². The van der Waals surface area contributed by atoms with Gasteiger partial charge in [-0.1, -0.05) is 31.5 Å². The van der Waals surface area contributed by atoms with E-state index in [0.717, 1.165) is 22.9 Å². The molecule has 0 aliphatic heterocycles. The zero-order chi connectivity index (χ0) is 19.4. The molecule has 2 aromatic heterocycles. The number of aromatic nitrogens is 2. The summed E-state index contributed by atoms with van der Waals surface area (Å²) in [7, 11) is 0. The lowest BCUT2D eigenvalue weighted by atomic mass is 10.0. The van der Waals surface area contributed by atoms with Gasteiger partial charge in [0.2, 0.25) is 11.8 Å². The lowest BCUT2D eigenvalue weighted by Crippen LogP contribution is -2.46. The lowest BCUT2D eigenvalue weighted by Gasteiger charge is -2.14. The number of rotatable bonds is 8. The van der Waals surface area contributed by atoms with Crippen molar-refractivity contribution in [1.82, 2.24) is 15.3 Å². The highest BCUT2D eigenvalue weighted by molar-refractivity contribution is 5.96. The van der Waals surface area contributed by atoms with Crippen molar-refractivity contribution >= 4 is 22.7 Å². The number of hydrogen-bond donors (Lipinski definition) is 4. The molecule has 2 atom stereocenters. The fraction of sp³-hybridized carbons (Fsp3) is 0.316. The van der Waals surface area contributed by atoms with Crippen LogP contribution in [-0.2, 0) is 11.2 Å². The second-order valence-electron chi connectivity index (χ2n) is 6.46. The summed E-state index contributed by atoms with van der Waals surface area (Å²) in [6.07, 6.45) is 4.89. The maximum atomic E-state index is 12.5. The van der Waals surface area contributed by atoms with Crippen LogP contribution >= 0.6 is 0 Å². The minimum Gasteiger partial charge on any atom is -0.446 e. The Balaban J connectivity index is 1.73. The van der Waals surface area contributed by atoms with E-state index in [2.05, 4.69) is 15.3 Å². The maximum Gasteiger partial charge on any atom is 0.273 e. The summed E-state index contributed by atoms with van der Waals surface area (Å²) in [6.45, 7) is 2.00. The fourth-order valence-electron chi connectivity index (χ4n) is 2.97. The number of benzene rings is 1. The van der Waals surface area contributed by atoms with Gasteiger partial charge in [0.1, 0.15) is 12.3 Å². The number of oxazole rings is 1. The topological polar surface area (TPSA) is 140 Å². The lowest BCUT2D eigenvalue weighted by molar-refractivity contribution is -0.119. The standard InChI is InChI=1S/C19H23N5O3/c1-2-5-13(20)19-24-16(10-27-19)18(26)23-15(17(21)25)8-11-9-22-14-7-4-3-6-12(11)14/h3-4,6-7,9-10,13,15,22H,2,5,8,20H2,1H3,(H2,21,25)(H,23,26). The number of carbonyl (C=O) groups is 2. The van der Waals surface area contributed by atoms with Gasteiger partial charge in [-0.3, -0.25) is 9.59 Å². The van der Waals surface area contributed by atoms with E-state index in [1.807, 2.05) is 37.4 Å². The summed E-state index contributed by atoms with van der Waals surface area (Å²) in [4.78, 5) is 31.6. The third kappa shape index (κ3) is 4.17. The molecule has 2 heterocycles. The first-order valence-corrected chi connectivity index (χ1v) is 8.85. The van der Waals surface area contributed by atoms with Gasteiger partial charge in [0.05, 0.1) is 6.04 Å². The van der Waals surface area contributed by atoms with E-state index < -0.39 is 17.9 Å². The highest BCUT2D eigenvalue weighted by Crippen LogP contribution is 2.19. The number of nitrogens with two attached hydrogens (primary N) is 2. The van der Waals surface area contributed by atoms with Gasteiger partial charge in [0.15, 0.2) is 5.69 Å². The van der Waals surface area contributed by atoms with Crippen LogP contribution in [0.1, 0.15) is 47.7 Å². The van der Waals surface area contributed by atoms with Crippen molar-refractivity contribution in [3.8, 4) is 0 Å². The van der Waals surface area contributed by atoms with Crippen LogP contribution in [0.5, 0.6) is 0 Å². The monoisotopic (exact) mass is 369 g/mol. The Hall–Kier alpha value is -3.13. The Kier molecular flexibility index (Phi) is 5.56. The molecule has 3 rings (SSSR count). The molecule has 0 saturated carbocycles. The van der Waals surface area contributed by atoms with E-state index >= 15 is 0 Å². The molecule has 0 spiro atoms. The first kappa shape index (κ1) is 18.7. The summed E-state index contributed by atoms with van der Waals surface area (Å²) in [6, 6.07) is 6.47. The van der Waals surface area contributed by atoms with Crippen molar-refractivity contribution in [2.75, 3.05) is 0 Å². The molecule has 0 aliphatic rings. The average Bonchev–Trinajstić information content (AvgIpc) is 3.29. The van der Waals surface area contributed by atoms with E-state index in [-0.39, 0.29) is 18.2 Å². The highest BCUT2D eigenvalue weighted by Gasteiger charge is 2.23. The number of carbonyl (C=O) groups excluding carboxylic acids is 2. The van der Waals surface area contributed by atoms with Gasteiger partial charge < -0.3 is 26.2 Å². The molecule has 2 unspecified atom stereocenters. The minimum atomic E-state index is -0.874. The number of H-pyrrole nitrogens is 1. The predicted octanol–water partition coefficient (Wildman–Crippen LogP) is 1.78. The number of nitrogens with zero attached hydrogens (tertiary/aromatic N) is 1. The van der Waals surface area contributed by atoms with Gasteiger partial charge in [0, 0.05) is 23.5 Å². The molecule has 8 nitrogen and oxygen atoms in total. The molecule has 6 N–H and O–H groups in total. The number of nitrogens with one attached hydrogen (secondary N) is 2. The fourth-order valence-corrected chi connectivity index (χ4v) is 2.97. The molecule has 1 aromatic carbocycles. The smallest absolute Gasteiger partial charge is 0.273 e. The van der Waals surface area contributed by atoms with Crippen LogP contribution in [0.2, 0.25) is 0 Å². The van der Waals surface area contributed by atoms with Crippen molar-refractivity contribution in [2.24, 2.45) is 11.5 Å². The first-order chi connectivity index (χ1) is 13.0. The van der Waals surface area contributed by atoms with Crippen molar-refractivity contribution in [3.63, 3.8) is 0 Å². The van der Waals surface area contributed by atoms with Gasteiger partial charge in [0.25, 0.3) is 5.91 Å². The molecule has 27 heavy (non-hydrogen) atoms. The second-order valence-corrected chi connectivity index (χ2v) is 6.46. The molecule has 142 valence electrons. The Bertz CT molecular complexity index is 946. The largest absolute Gasteiger partial charge is 0.446 e. The van der Waals surface area contributed by atoms with E-state index in [0.29, 0.717) is 12.3 Å². The average molecular weight is 369 g/mol. The van der Waals surface area contributed by atoms with Crippen molar-refractivity contribution in [1.29, 1.82) is 0 Å². The third-order valence-electron chi connectivity index (χ3n) is 4.42. The molecular formula is C19H23N5O3. The normalized spacial score (nSPS) is 13.4. The van der Waals surface area contributed by atoms with Crippen molar-refractivity contribution < 1.29 is 14.0 Å². The first-order valence-electron chi connectivity index (χ1n) is 8.85. The Morgan fingerprint density at radius 3 is 2.85 bits per heavy atom. The van der Waals surface area contributed by atoms with Crippen LogP contribution in [0.4, 0.5) is 0 Å². The molecule has 3 aromatic rings. The number of amides is 2. The van der Waals surface area contributed by atoms with Crippen LogP contribution in [0.25, 0.3) is 10.9 Å². The van der Waals surface area contributed by atoms with Gasteiger partial charge >= 0.3 is 0 Å². The number of fused-ring (bicyclic) bond motifs is 1. The van der Waals surface area contributed by atoms with Gasteiger partial charge in [-0.15, -0.1) is 0 Å². The predicted molar refractivity (Wildman–Crippen MR) is 101 cm³/mol. The van der Waals surface area contributed by atoms with Crippen LogP contribution in [0.3, 0.4) is 0 Å². The SMILES string of the molecule is CCCC(N)c1nc(C(=O)NC(Cc2c[nH]c3ccccc23)C(N)=O)co1. The summed E-state index contributed by atoms with van der Waals surface area (Å²) >= 11 is 0. The molecule has 2 amide bonds. The van der Waals surface area contributed by atoms with Crippen LogP contribution in [0.15, 0.2) is 41.1 Å². The zero-order valence-electron chi connectivity index (χ0n) is 15.1. The van der Waals surface area contributed by atoms with E-state index in [4.69, 9.17) is 15.9 Å². The van der Waals surface area contributed by atoms with Crippen molar-refractivity contribution in [3.05, 3.63) is 53.9 Å². The number of para-hydroxylation sites is 1. The number of hydrogen-bond acceptors (Lipinski definition) is 5.